The van der Waals surface area contributed by atoms with Gasteiger partial charge in [-0.2, -0.15) is 5.10 Å². The Balaban J connectivity index is 1.63. The van der Waals surface area contributed by atoms with Crippen molar-refractivity contribution in [1.29, 1.82) is 0 Å². The zero-order valence-electron chi connectivity index (χ0n) is 12.5. The van der Waals surface area contributed by atoms with Gasteiger partial charge in [0, 0.05) is 38.6 Å². The Morgan fingerprint density at radius 3 is 2.90 bits per heavy atom. The third kappa shape index (κ3) is 2.54. The molecule has 1 spiro atoms. The summed E-state index contributed by atoms with van der Waals surface area (Å²) in [4.78, 5) is 28.7. The molecule has 1 aromatic heterocycles. The van der Waals surface area contributed by atoms with Gasteiger partial charge in [0.05, 0.1) is 5.41 Å². The van der Waals surface area contributed by atoms with Gasteiger partial charge in [0.1, 0.15) is 6.54 Å². The lowest BCUT2D eigenvalue weighted by molar-refractivity contribution is -0.136. The molecule has 6 heteroatoms. The summed E-state index contributed by atoms with van der Waals surface area (Å²) in [6.07, 6.45) is 6.13. The number of hydrogen-bond donors (Lipinski definition) is 0. The Hall–Kier alpha value is -1.85. The van der Waals surface area contributed by atoms with Gasteiger partial charge in [-0.1, -0.05) is 6.92 Å². The van der Waals surface area contributed by atoms with Crippen LogP contribution in [0, 0.1) is 5.41 Å². The fourth-order valence-electron chi connectivity index (χ4n) is 3.47. The molecule has 0 saturated carbocycles. The molecule has 1 unspecified atom stereocenters. The van der Waals surface area contributed by atoms with Crippen molar-refractivity contribution in [2.75, 3.05) is 26.2 Å². The molecule has 2 aliphatic heterocycles. The molecule has 0 aliphatic carbocycles. The fourth-order valence-corrected chi connectivity index (χ4v) is 3.47. The van der Waals surface area contributed by atoms with E-state index in [-0.39, 0.29) is 23.8 Å². The highest BCUT2D eigenvalue weighted by Gasteiger charge is 2.51. The lowest BCUT2D eigenvalue weighted by Crippen LogP contribution is -2.39. The summed E-state index contributed by atoms with van der Waals surface area (Å²) >= 11 is 0. The lowest BCUT2D eigenvalue weighted by atomic mass is 9.85. The molecule has 0 N–H and O–H groups in total. The summed E-state index contributed by atoms with van der Waals surface area (Å²) in [6, 6.07) is 1.81. The van der Waals surface area contributed by atoms with Crippen LogP contribution in [0.1, 0.15) is 26.2 Å². The predicted octanol–water partition coefficient (Wildman–Crippen LogP) is 0.744. The molecule has 0 aromatic carbocycles. The summed E-state index contributed by atoms with van der Waals surface area (Å²) < 4.78 is 1.63. The molecule has 0 radical (unpaired) electrons. The molecule has 2 fully saturated rings. The lowest BCUT2D eigenvalue weighted by Gasteiger charge is -2.23. The number of nitrogens with zero attached hydrogens (tertiary/aromatic N) is 4. The Kier molecular flexibility index (Phi) is 3.69. The van der Waals surface area contributed by atoms with Crippen LogP contribution in [-0.4, -0.2) is 57.6 Å². The molecule has 1 aromatic rings. The number of aromatic nitrogens is 2. The van der Waals surface area contributed by atoms with E-state index < -0.39 is 0 Å². The Morgan fingerprint density at radius 2 is 2.19 bits per heavy atom. The van der Waals surface area contributed by atoms with Crippen LogP contribution in [0.15, 0.2) is 18.5 Å². The molecular weight excluding hydrogens is 268 g/mol. The van der Waals surface area contributed by atoms with E-state index >= 15 is 0 Å². The fraction of sp³-hybridized carbons (Fsp3) is 0.667. The number of amides is 2. The third-order valence-electron chi connectivity index (χ3n) is 4.66. The molecule has 21 heavy (non-hydrogen) atoms. The van der Waals surface area contributed by atoms with E-state index in [0.717, 1.165) is 32.4 Å². The van der Waals surface area contributed by atoms with Crippen LogP contribution < -0.4 is 0 Å². The molecule has 0 bridgehead atoms. The van der Waals surface area contributed by atoms with Crippen LogP contribution in [0.3, 0.4) is 0 Å². The van der Waals surface area contributed by atoms with Crippen molar-refractivity contribution in [1.82, 2.24) is 19.6 Å². The highest BCUT2D eigenvalue weighted by atomic mass is 16.2. The van der Waals surface area contributed by atoms with Gasteiger partial charge < -0.3 is 9.80 Å². The second kappa shape index (κ2) is 5.50. The topological polar surface area (TPSA) is 58.4 Å². The zero-order chi connectivity index (χ0) is 14.9. The van der Waals surface area contributed by atoms with E-state index in [1.807, 2.05) is 15.9 Å². The summed E-state index contributed by atoms with van der Waals surface area (Å²) in [5.41, 5.74) is -0.311. The standard InChI is InChI=1S/C15H22N4O2/c1-2-7-17-9-4-15(14(17)21)5-10-18(12-15)13(20)11-19-8-3-6-16-19/h3,6,8H,2,4-5,7,9-12H2,1H3. The highest BCUT2D eigenvalue weighted by Crippen LogP contribution is 2.40. The van der Waals surface area contributed by atoms with Gasteiger partial charge in [-0.3, -0.25) is 14.3 Å². The van der Waals surface area contributed by atoms with Crippen molar-refractivity contribution >= 4 is 11.8 Å². The van der Waals surface area contributed by atoms with Gasteiger partial charge in [-0.05, 0) is 25.3 Å². The van der Waals surface area contributed by atoms with Crippen LogP contribution in [0.25, 0.3) is 0 Å². The maximum Gasteiger partial charge on any atom is 0.244 e. The molecule has 2 saturated heterocycles. The molecule has 114 valence electrons. The Morgan fingerprint density at radius 1 is 1.38 bits per heavy atom. The largest absolute Gasteiger partial charge is 0.342 e. The summed E-state index contributed by atoms with van der Waals surface area (Å²) in [6.45, 7) is 5.29. The number of likely N-dealkylation sites (tertiary alicyclic amines) is 2. The van der Waals surface area contributed by atoms with Crippen LogP contribution >= 0.6 is 0 Å². The first-order valence-corrected chi connectivity index (χ1v) is 7.69. The van der Waals surface area contributed by atoms with E-state index in [4.69, 9.17) is 0 Å². The van der Waals surface area contributed by atoms with Crippen LogP contribution in [0.4, 0.5) is 0 Å². The molecule has 2 amide bonds. The van der Waals surface area contributed by atoms with Crippen molar-refractivity contribution in [3.05, 3.63) is 18.5 Å². The molecular formula is C15H22N4O2. The predicted molar refractivity (Wildman–Crippen MR) is 77.3 cm³/mol. The summed E-state index contributed by atoms with van der Waals surface area (Å²) in [5.74, 6) is 0.302. The monoisotopic (exact) mass is 290 g/mol. The van der Waals surface area contributed by atoms with Gasteiger partial charge in [0.2, 0.25) is 11.8 Å². The minimum atomic E-state index is -0.311. The summed E-state index contributed by atoms with van der Waals surface area (Å²) in [5, 5.41) is 4.06. The molecule has 2 aliphatic rings. The third-order valence-corrected chi connectivity index (χ3v) is 4.66. The van der Waals surface area contributed by atoms with Gasteiger partial charge in [0.15, 0.2) is 0 Å². The van der Waals surface area contributed by atoms with Crippen LogP contribution in [0.5, 0.6) is 0 Å². The zero-order valence-corrected chi connectivity index (χ0v) is 12.5. The molecule has 3 rings (SSSR count). The van der Waals surface area contributed by atoms with Crippen molar-refractivity contribution in [2.45, 2.75) is 32.7 Å². The van der Waals surface area contributed by atoms with Gasteiger partial charge >= 0.3 is 0 Å². The Bertz CT molecular complexity index is 528. The van der Waals surface area contributed by atoms with E-state index in [0.29, 0.717) is 13.1 Å². The van der Waals surface area contributed by atoms with E-state index in [2.05, 4.69) is 12.0 Å². The van der Waals surface area contributed by atoms with Crippen LogP contribution in [-0.2, 0) is 16.1 Å². The quantitative estimate of drug-likeness (QED) is 0.822. The normalized spacial score (nSPS) is 25.3. The molecule has 3 heterocycles. The maximum atomic E-state index is 12.6. The molecule has 1 atom stereocenters. The Labute approximate surface area is 124 Å². The van der Waals surface area contributed by atoms with Gasteiger partial charge in [-0.15, -0.1) is 0 Å². The van der Waals surface area contributed by atoms with Gasteiger partial charge in [-0.25, -0.2) is 0 Å². The van der Waals surface area contributed by atoms with Crippen molar-refractivity contribution in [3.8, 4) is 0 Å². The van der Waals surface area contributed by atoms with Gasteiger partial charge in [0.25, 0.3) is 0 Å². The van der Waals surface area contributed by atoms with E-state index in [1.54, 1.807) is 17.1 Å². The average Bonchev–Trinajstić information content (AvgIpc) is 3.17. The average molecular weight is 290 g/mol. The first kappa shape index (κ1) is 14.1. The first-order chi connectivity index (χ1) is 10.1. The SMILES string of the molecule is CCCN1CCC2(CCN(C(=O)Cn3cccn3)C2)C1=O. The second-order valence-corrected chi connectivity index (χ2v) is 6.09. The first-order valence-electron chi connectivity index (χ1n) is 7.69. The van der Waals surface area contributed by atoms with Crippen molar-refractivity contribution in [2.24, 2.45) is 5.41 Å². The number of hydrogen-bond acceptors (Lipinski definition) is 3. The molecule has 6 nitrogen and oxygen atoms in total. The maximum absolute atomic E-state index is 12.6. The smallest absolute Gasteiger partial charge is 0.244 e. The minimum Gasteiger partial charge on any atom is -0.342 e. The second-order valence-electron chi connectivity index (χ2n) is 6.09. The van der Waals surface area contributed by atoms with Crippen molar-refractivity contribution in [3.63, 3.8) is 0 Å². The van der Waals surface area contributed by atoms with E-state index in [9.17, 15) is 9.59 Å². The minimum absolute atomic E-state index is 0.0531. The summed E-state index contributed by atoms with van der Waals surface area (Å²) in [7, 11) is 0. The van der Waals surface area contributed by atoms with Crippen LogP contribution in [0.2, 0.25) is 0 Å². The number of carbonyl (C=O) groups excluding carboxylic acids is 2. The highest BCUT2D eigenvalue weighted by molar-refractivity contribution is 5.87. The van der Waals surface area contributed by atoms with E-state index in [1.165, 1.54) is 0 Å². The number of carbonyl (C=O) groups is 2. The van der Waals surface area contributed by atoms with Crippen molar-refractivity contribution < 1.29 is 9.59 Å². The number of rotatable bonds is 4.